The summed E-state index contributed by atoms with van der Waals surface area (Å²) in [6.45, 7) is 5.09. The van der Waals surface area contributed by atoms with E-state index in [0.717, 1.165) is 18.6 Å². The van der Waals surface area contributed by atoms with E-state index < -0.39 is 5.60 Å². The Hall–Kier alpha value is -2.08. The Bertz CT molecular complexity index is 686. The largest absolute Gasteiger partial charge is 0.478 e. The summed E-state index contributed by atoms with van der Waals surface area (Å²) in [5, 5.41) is 2.96. The number of fused-ring (bicyclic) bond motifs is 1. The van der Waals surface area contributed by atoms with Crippen molar-refractivity contribution in [1.82, 2.24) is 10.2 Å². The molecule has 142 valence electrons. The third-order valence-corrected chi connectivity index (χ3v) is 5.10. The minimum Gasteiger partial charge on any atom is -0.478 e. The number of methoxy groups -OCH3 is 1. The van der Waals surface area contributed by atoms with Crippen molar-refractivity contribution in [2.75, 3.05) is 26.8 Å². The average Bonchev–Trinajstić information content (AvgIpc) is 3.18. The minimum absolute atomic E-state index is 0.0460. The molecule has 1 aromatic rings. The highest BCUT2D eigenvalue weighted by atomic mass is 16.5. The van der Waals surface area contributed by atoms with Gasteiger partial charge in [-0.1, -0.05) is 6.07 Å². The lowest BCUT2D eigenvalue weighted by Crippen LogP contribution is -2.50. The first kappa shape index (κ1) is 18.7. The number of carbonyl (C=O) groups is 2. The van der Waals surface area contributed by atoms with Gasteiger partial charge < -0.3 is 19.7 Å². The Morgan fingerprint density at radius 1 is 1.31 bits per heavy atom. The van der Waals surface area contributed by atoms with E-state index in [1.54, 1.807) is 25.9 Å². The first-order valence-corrected chi connectivity index (χ1v) is 9.27. The summed E-state index contributed by atoms with van der Waals surface area (Å²) in [5.41, 5.74) is 1.68. The molecule has 3 rings (SSSR count). The second-order valence-corrected chi connectivity index (χ2v) is 7.60. The molecule has 1 N–H and O–H groups in total. The zero-order valence-corrected chi connectivity index (χ0v) is 15.8. The van der Waals surface area contributed by atoms with E-state index in [-0.39, 0.29) is 17.9 Å². The summed E-state index contributed by atoms with van der Waals surface area (Å²) in [4.78, 5) is 26.4. The molecule has 1 aliphatic heterocycles. The Morgan fingerprint density at radius 2 is 2.08 bits per heavy atom. The molecular weight excluding hydrogens is 332 g/mol. The van der Waals surface area contributed by atoms with E-state index in [0.29, 0.717) is 26.1 Å². The van der Waals surface area contributed by atoms with Gasteiger partial charge in [0.25, 0.3) is 5.91 Å². The lowest BCUT2D eigenvalue weighted by Gasteiger charge is -2.27. The topological polar surface area (TPSA) is 67.9 Å². The second-order valence-electron chi connectivity index (χ2n) is 7.60. The third-order valence-electron chi connectivity index (χ3n) is 5.10. The molecule has 0 spiro atoms. The zero-order chi connectivity index (χ0) is 18.7. The van der Waals surface area contributed by atoms with Crippen LogP contribution in [-0.2, 0) is 27.2 Å². The Morgan fingerprint density at radius 3 is 2.85 bits per heavy atom. The molecule has 26 heavy (non-hydrogen) atoms. The van der Waals surface area contributed by atoms with Crippen molar-refractivity contribution in [1.29, 1.82) is 0 Å². The molecule has 6 heteroatoms. The number of nitrogens with one attached hydrogen (secondary N) is 1. The van der Waals surface area contributed by atoms with Crippen LogP contribution in [0, 0.1) is 0 Å². The number of likely N-dealkylation sites (tertiary alicyclic amines) is 1. The molecule has 6 nitrogen and oxygen atoms in total. The number of hydrogen-bond donors (Lipinski definition) is 1. The molecular formula is C20H28N2O4. The van der Waals surface area contributed by atoms with Gasteiger partial charge in [-0.25, -0.2) is 0 Å². The number of carbonyl (C=O) groups excluding carboxylic acids is 2. The van der Waals surface area contributed by atoms with Crippen molar-refractivity contribution in [3.05, 3.63) is 29.3 Å². The molecule has 2 amide bonds. The van der Waals surface area contributed by atoms with Crippen LogP contribution in [0.4, 0.5) is 0 Å². The maximum absolute atomic E-state index is 12.7. The minimum atomic E-state index is -1.00. The Labute approximate surface area is 154 Å². The van der Waals surface area contributed by atoms with Crippen molar-refractivity contribution in [3.8, 4) is 5.75 Å². The molecule has 1 aliphatic carbocycles. The highest BCUT2D eigenvalue weighted by Crippen LogP contribution is 2.28. The molecule has 1 fully saturated rings. The van der Waals surface area contributed by atoms with Crippen molar-refractivity contribution in [2.45, 2.75) is 51.2 Å². The summed E-state index contributed by atoms with van der Waals surface area (Å²) >= 11 is 0. The van der Waals surface area contributed by atoms with Crippen LogP contribution in [0.2, 0.25) is 0 Å². The molecule has 1 aromatic carbocycles. The lowest BCUT2D eigenvalue weighted by atomic mass is 10.1. The predicted octanol–water partition coefficient (Wildman–Crippen LogP) is 1.70. The van der Waals surface area contributed by atoms with Crippen molar-refractivity contribution >= 4 is 11.8 Å². The Kier molecular flexibility index (Phi) is 5.51. The number of nitrogens with zero attached hydrogens (tertiary/aromatic N) is 1. The van der Waals surface area contributed by atoms with Crippen LogP contribution < -0.4 is 10.1 Å². The highest BCUT2D eigenvalue weighted by molar-refractivity contribution is 5.87. The van der Waals surface area contributed by atoms with Gasteiger partial charge in [-0.05, 0) is 56.4 Å². The second kappa shape index (κ2) is 7.66. The van der Waals surface area contributed by atoms with Gasteiger partial charge in [0.1, 0.15) is 5.75 Å². The highest BCUT2D eigenvalue weighted by Gasteiger charge is 2.36. The van der Waals surface area contributed by atoms with Gasteiger partial charge >= 0.3 is 0 Å². The number of ether oxygens (including phenoxy) is 2. The van der Waals surface area contributed by atoms with Gasteiger partial charge in [0.15, 0.2) is 5.60 Å². The van der Waals surface area contributed by atoms with Crippen molar-refractivity contribution < 1.29 is 19.1 Å². The van der Waals surface area contributed by atoms with Crippen LogP contribution in [0.1, 0.15) is 37.8 Å². The normalized spacial score (nSPS) is 19.6. The lowest BCUT2D eigenvalue weighted by molar-refractivity contribution is -0.134. The van der Waals surface area contributed by atoms with Gasteiger partial charge in [0.2, 0.25) is 5.91 Å². The predicted molar refractivity (Wildman–Crippen MR) is 98.2 cm³/mol. The van der Waals surface area contributed by atoms with Gasteiger partial charge in [0, 0.05) is 26.6 Å². The molecule has 0 aromatic heterocycles. The van der Waals surface area contributed by atoms with E-state index in [9.17, 15) is 9.59 Å². The van der Waals surface area contributed by atoms with Crippen molar-refractivity contribution in [3.63, 3.8) is 0 Å². The smallest absolute Gasteiger partial charge is 0.263 e. The van der Waals surface area contributed by atoms with Crippen LogP contribution in [0.15, 0.2) is 18.2 Å². The number of amides is 2. The number of benzene rings is 1. The third kappa shape index (κ3) is 4.18. The number of hydrogen-bond acceptors (Lipinski definition) is 4. The van der Waals surface area contributed by atoms with Crippen LogP contribution >= 0.6 is 0 Å². The van der Waals surface area contributed by atoms with Gasteiger partial charge in [-0.2, -0.15) is 0 Å². The van der Waals surface area contributed by atoms with E-state index in [2.05, 4.69) is 11.4 Å². The SMILES string of the molecule is COCCN1CC(NC(=O)C(C)(C)Oc2ccc3c(c2)CCC3)CC1=O. The maximum atomic E-state index is 12.7. The van der Waals surface area contributed by atoms with Gasteiger partial charge in [-0.15, -0.1) is 0 Å². The van der Waals surface area contributed by atoms with E-state index in [1.165, 1.54) is 17.5 Å². The molecule has 1 heterocycles. The van der Waals surface area contributed by atoms with Crippen LogP contribution in [-0.4, -0.2) is 55.2 Å². The molecule has 0 bridgehead atoms. The monoisotopic (exact) mass is 360 g/mol. The summed E-state index contributed by atoms with van der Waals surface area (Å²) in [6, 6.07) is 5.89. The molecule has 1 saturated heterocycles. The summed E-state index contributed by atoms with van der Waals surface area (Å²) in [7, 11) is 1.61. The van der Waals surface area contributed by atoms with Gasteiger partial charge in [0.05, 0.1) is 12.6 Å². The summed E-state index contributed by atoms with van der Waals surface area (Å²) in [6.07, 6.45) is 3.69. The van der Waals surface area contributed by atoms with Crippen LogP contribution in [0.3, 0.4) is 0 Å². The fourth-order valence-electron chi connectivity index (χ4n) is 3.60. The molecule has 0 radical (unpaired) electrons. The van der Waals surface area contributed by atoms with E-state index in [1.807, 2.05) is 12.1 Å². The zero-order valence-electron chi connectivity index (χ0n) is 15.8. The van der Waals surface area contributed by atoms with Crippen LogP contribution in [0.5, 0.6) is 5.75 Å². The maximum Gasteiger partial charge on any atom is 0.263 e. The molecule has 1 atom stereocenters. The van der Waals surface area contributed by atoms with Crippen molar-refractivity contribution in [2.24, 2.45) is 0 Å². The average molecular weight is 360 g/mol. The first-order valence-electron chi connectivity index (χ1n) is 9.27. The number of aryl methyl sites for hydroxylation is 2. The van der Waals surface area contributed by atoms with E-state index >= 15 is 0 Å². The summed E-state index contributed by atoms with van der Waals surface area (Å²) < 4.78 is 11.0. The fraction of sp³-hybridized carbons (Fsp3) is 0.600. The fourth-order valence-corrected chi connectivity index (χ4v) is 3.60. The quantitative estimate of drug-likeness (QED) is 0.804. The molecule has 0 saturated carbocycles. The first-order chi connectivity index (χ1) is 12.4. The Balaban J connectivity index is 1.57. The molecule has 1 unspecified atom stereocenters. The number of rotatable bonds is 7. The van der Waals surface area contributed by atoms with Crippen LogP contribution in [0.25, 0.3) is 0 Å². The molecule has 2 aliphatic rings. The standard InChI is InChI=1S/C20H28N2O4/c1-20(2,26-17-8-7-14-5-4-6-15(14)11-17)19(24)21-16-12-18(23)22(13-16)9-10-25-3/h7-8,11,16H,4-6,9-10,12-13H2,1-3H3,(H,21,24). The van der Waals surface area contributed by atoms with Gasteiger partial charge in [-0.3, -0.25) is 9.59 Å². The van der Waals surface area contributed by atoms with E-state index in [4.69, 9.17) is 9.47 Å². The summed E-state index contributed by atoms with van der Waals surface area (Å²) in [5.74, 6) is 0.559.